The summed E-state index contributed by atoms with van der Waals surface area (Å²) in [6.45, 7) is 28.9. The number of hydrogen-bond acceptors (Lipinski definition) is 24. The first-order chi connectivity index (χ1) is 55.6. The van der Waals surface area contributed by atoms with Crippen LogP contribution >= 0.6 is 0 Å². The van der Waals surface area contributed by atoms with Gasteiger partial charge in [0.05, 0.1) is 18.2 Å². The highest BCUT2D eigenvalue weighted by Crippen LogP contribution is 2.16. The van der Waals surface area contributed by atoms with Crippen LogP contribution in [-0.2, 0) is 82.8 Å². The van der Waals surface area contributed by atoms with Gasteiger partial charge in [0.2, 0.25) is 65.0 Å². The monoisotopic (exact) mass is 1700 g/mol. The van der Waals surface area contributed by atoms with E-state index in [0.29, 0.717) is 12.0 Å². The number of carbonyl (C=O) groups is 16. The lowest BCUT2D eigenvalue weighted by Gasteiger charge is -2.29. The maximum Gasteiger partial charge on any atom is 0.407 e. The molecule has 40 heteroatoms. The van der Waals surface area contributed by atoms with E-state index in [1.165, 1.54) is 0 Å². The normalized spacial score (nSPS) is 20.0. The third-order valence-electron chi connectivity index (χ3n) is 17.1. The summed E-state index contributed by atoms with van der Waals surface area (Å²) >= 11 is 0. The molecule has 120 heavy (non-hydrogen) atoms. The van der Waals surface area contributed by atoms with Crippen molar-refractivity contribution in [2.45, 2.75) is 329 Å². The summed E-state index contributed by atoms with van der Waals surface area (Å²) in [5.41, 5.74) is 1.75. The molecule has 680 valence electrons. The minimum atomic E-state index is -1.98. The summed E-state index contributed by atoms with van der Waals surface area (Å²) in [5.74, 6) is -12.5. The highest BCUT2D eigenvalue weighted by atomic mass is 16.6. The minimum Gasteiger partial charge on any atom is -0.444 e. The molecular formula is C80H137N17O23. The minimum absolute atomic E-state index is 0.127. The molecule has 16 amide bonds. The number of amides is 16. The molecule has 40 nitrogen and oxygen atoms in total. The summed E-state index contributed by atoms with van der Waals surface area (Å²) in [6.07, 6.45) is -8.30. The fraction of sp³-hybridized carbons (Fsp3) is 0.725. The number of aliphatic hydroxyl groups is 2. The van der Waals surface area contributed by atoms with E-state index < -0.39 is 260 Å². The van der Waals surface area contributed by atoms with Gasteiger partial charge >= 0.3 is 30.5 Å². The molecule has 1 heterocycles. The number of benzene rings is 1. The van der Waals surface area contributed by atoms with Crippen molar-refractivity contribution in [3.05, 3.63) is 35.9 Å². The second kappa shape index (κ2) is 50.6. The Bertz CT molecular complexity index is 3550. The van der Waals surface area contributed by atoms with Gasteiger partial charge in [0, 0.05) is 45.7 Å². The zero-order valence-electron chi connectivity index (χ0n) is 73.4. The molecule has 0 unspecified atom stereocenters. The van der Waals surface area contributed by atoms with Gasteiger partial charge in [0.15, 0.2) is 0 Å². The van der Waals surface area contributed by atoms with Crippen molar-refractivity contribution in [1.82, 2.24) is 85.1 Å². The molecule has 1 saturated heterocycles. The second-order valence-corrected chi connectivity index (χ2v) is 34.9. The van der Waals surface area contributed by atoms with E-state index in [9.17, 15) is 67.7 Å². The molecule has 1 aliphatic heterocycles. The van der Waals surface area contributed by atoms with Gasteiger partial charge in [0.25, 0.3) is 0 Å². The van der Waals surface area contributed by atoms with Gasteiger partial charge in [-0.15, -0.1) is 0 Å². The molecule has 1 aromatic rings. The lowest BCUT2D eigenvalue weighted by Crippen LogP contribution is -2.62. The highest BCUT2D eigenvalue weighted by Gasteiger charge is 2.40. The smallest absolute Gasteiger partial charge is 0.407 e. The zero-order valence-corrected chi connectivity index (χ0v) is 73.4. The Morgan fingerprint density at radius 1 is 0.442 bits per heavy atom. The first kappa shape index (κ1) is 106. The van der Waals surface area contributed by atoms with Gasteiger partial charge in [0.1, 0.15) is 88.4 Å². The van der Waals surface area contributed by atoms with Crippen molar-refractivity contribution in [2.75, 3.05) is 39.3 Å². The third-order valence-corrected chi connectivity index (χ3v) is 17.1. The van der Waals surface area contributed by atoms with Gasteiger partial charge < -0.3 is 125 Å². The number of unbranched alkanes of at least 4 members (excludes halogenated alkanes) is 3. The van der Waals surface area contributed by atoms with Gasteiger partial charge in [-0.1, -0.05) is 76.8 Å². The van der Waals surface area contributed by atoms with Gasteiger partial charge in [-0.25, -0.2) is 24.0 Å². The van der Waals surface area contributed by atoms with Crippen molar-refractivity contribution in [2.24, 2.45) is 11.7 Å². The highest BCUT2D eigenvalue weighted by molar-refractivity contribution is 6.00. The van der Waals surface area contributed by atoms with Crippen LogP contribution in [0.15, 0.2) is 30.3 Å². The predicted octanol–water partition coefficient (Wildman–Crippen LogP) is 1.28. The first-order valence-electron chi connectivity index (χ1n) is 40.9. The molecule has 13 atom stereocenters. The van der Waals surface area contributed by atoms with Crippen LogP contribution in [0, 0.1) is 5.92 Å². The number of carbonyl (C=O) groups excluding carboxylic acids is 16. The van der Waals surface area contributed by atoms with Crippen LogP contribution in [0.25, 0.3) is 0 Å². The molecular weight excluding hydrogens is 1570 g/mol. The average molecular weight is 1710 g/mol. The molecule has 0 bridgehead atoms. The number of alkyl carbamates (subject to hydrolysis) is 5. The van der Waals surface area contributed by atoms with Crippen LogP contribution in [0.5, 0.6) is 0 Å². The fourth-order valence-electron chi connectivity index (χ4n) is 11.4. The number of nitrogens with one attached hydrogen (secondary N) is 16. The van der Waals surface area contributed by atoms with Crippen LogP contribution < -0.4 is 90.8 Å². The molecule has 0 radical (unpaired) electrons. The quantitative estimate of drug-likeness (QED) is 0.0341. The predicted molar refractivity (Wildman–Crippen MR) is 441 cm³/mol. The number of rotatable bonds is 34. The molecule has 1 aliphatic rings. The average Bonchev–Trinajstić information content (AvgIpc) is 0.994. The van der Waals surface area contributed by atoms with Crippen molar-refractivity contribution in [3.8, 4) is 0 Å². The summed E-state index contributed by atoms with van der Waals surface area (Å²) in [4.78, 5) is 228. The van der Waals surface area contributed by atoms with Crippen LogP contribution in [0.3, 0.4) is 0 Å². The molecule has 0 saturated carbocycles. The fourth-order valence-corrected chi connectivity index (χ4v) is 11.4. The van der Waals surface area contributed by atoms with Crippen LogP contribution in [0.2, 0.25) is 0 Å². The van der Waals surface area contributed by atoms with E-state index in [1.54, 1.807) is 148 Å². The molecule has 0 spiro atoms. The number of hydrogen-bond donors (Lipinski definition) is 19. The van der Waals surface area contributed by atoms with Crippen molar-refractivity contribution in [1.29, 1.82) is 0 Å². The Kier molecular flexibility index (Phi) is 44.6. The lowest BCUT2D eigenvalue weighted by molar-refractivity contribution is -0.137. The lowest BCUT2D eigenvalue weighted by atomic mass is 10.00. The Hall–Kier alpha value is -10.4. The van der Waals surface area contributed by atoms with Crippen LogP contribution in [-0.4, -0.2) is 252 Å². The van der Waals surface area contributed by atoms with Crippen molar-refractivity contribution >= 4 is 95.4 Å². The molecule has 2 rings (SSSR count). The zero-order chi connectivity index (χ0) is 91.2. The van der Waals surface area contributed by atoms with E-state index >= 15 is 19.2 Å². The van der Waals surface area contributed by atoms with Gasteiger partial charge in [-0.3, -0.25) is 52.7 Å². The van der Waals surface area contributed by atoms with Crippen molar-refractivity contribution in [3.63, 3.8) is 0 Å². The molecule has 1 fully saturated rings. The second-order valence-electron chi connectivity index (χ2n) is 34.9. The SMILES string of the molecule is CCCCCC[C@H](N)C(=O)N[C@@H](CCNC(=O)OC(C)(C)C)C(=O)N[C@H](C(=O)N[C@@H](CCNC(=O)OC(C)(C)C)C(=O)N[C@H]1CCNC(=O)[C@H]([C@@H](C)O)NC(=O)[C@H](CCNC(=O)OC(C)(C)C)NC(=O)[C@H](CCNC(=O)OC(C)(C)C)NC(=O)[C@H](CC(C)C)NC(=O)[C@@H](Cc2ccccc2)NC(=O)[C@H](CCNC(=O)OC(C)(C)C)NC1=O)[C@@H](C)O. The topological polar surface area (TPSA) is 578 Å². The van der Waals surface area contributed by atoms with Crippen molar-refractivity contribution < 1.29 is 111 Å². The number of nitrogens with two attached hydrogens (primary N) is 1. The van der Waals surface area contributed by atoms with Crippen LogP contribution in [0.4, 0.5) is 24.0 Å². The molecule has 1 aromatic carbocycles. The molecule has 20 N–H and O–H groups in total. The Balaban J connectivity index is 3.12. The number of ether oxygens (including phenoxy) is 5. The molecule has 0 aliphatic carbocycles. The first-order valence-corrected chi connectivity index (χ1v) is 40.9. The van der Waals surface area contributed by atoms with E-state index in [4.69, 9.17) is 29.4 Å². The van der Waals surface area contributed by atoms with Gasteiger partial charge in [-0.2, -0.15) is 0 Å². The maximum absolute atomic E-state index is 15.4. The Morgan fingerprint density at radius 2 is 0.817 bits per heavy atom. The summed E-state index contributed by atoms with van der Waals surface area (Å²) in [6, 6.07) is -10.6. The third kappa shape index (κ3) is 45.1. The summed E-state index contributed by atoms with van der Waals surface area (Å²) in [5, 5.41) is 63.0. The van der Waals surface area contributed by atoms with E-state index in [-0.39, 0.29) is 44.7 Å². The number of aliphatic hydroxyl groups excluding tert-OH is 2. The van der Waals surface area contributed by atoms with Crippen LogP contribution in [0.1, 0.15) is 221 Å². The van der Waals surface area contributed by atoms with E-state index in [0.717, 1.165) is 33.1 Å². The molecule has 0 aromatic heterocycles. The van der Waals surface area contributed by atoms with Gasteiger partial charge in [-0.05, 0) is 181 Å². The Morgan fingerprint density at radius 3 is 1.23 bits per heavy atom. The maximum atomic E-state index is 15.4. The van der Waals surface area contributed by atoms with E-state index in [2.05, 4.69) is 85.1 Å². The summed E-state index contributed by atoms with van der Waals surface area (Å²) in [7, 11) is 0. The standard InChI is InChI=1S/C80H137N17O23/c1-21-22-23-27-30-49(81)60(100)88-54(35-41-86-74(114)119-79(15,16)17)65(105)97-59(47(5)99)70(110)93-53(34-40-85-73(113)118-78(12,13)14)63(103)89-50-31-37-82-69(109)58(46(4)98)96-66(106)55(36-42-87-75(115)120-80(18,19)20)91-62(102)51(32-38-83-71(111)116-76(6,7)8)92-67(107)56(43-45(2)3)94-68(108)57(44-48-28-25-24-26-29-48)95-64(104)52(90-61(50)101)33-39-84-72(112)117-77(9,10)11/h24-26,28-29,45-47,49-59,98-99H,21-23,27,30-44,81H2,1-20H3,(H,82,109)(H,83,111)(H,84,112)(H,85,113)(H,86,114)(H,87,115)(H,88,100)(H,89,103)(H,90,101)(H,91,102)(H,92,107)(H,93,110)(H,94,108)(H,95,104)(H,96,106)(H,97,105)/t46-,47-,49+,50+,51+,52+,53+,54+,55+,56+,57-,58+,59+/m1/s1. The summed E-state index contributed by atoms with van der Waals surface area (Å²) < 4.78 is 26.9. The largest absolute Gasteiger partial charge is 0.444 e. The van der Waals surface area contributed by atoms with E-state index in [1.807, 2.05) is 6.92 Å². The Labute approximate surface area is 703 Å².